The first-order valence-corrected chi connectivity index (χ1v) is 8.88. The predicted molar refractivity (Wildman–Crippen MR) is 86.5 cm³/mol. The predicted octanol–water partition coefficient (Wildman–Crippen LogP) is 4.40. The number of cyclic esters (lactones) is 1. The molecule has 0 saturated carbocycles. The molecule has 2 unspecified atom stereocenters. The van der Waals surface area contributed by atoms with Crippen LogP contribution < -0.4 is 0 Å². The zero-order valence-electron chi connectivity index (χ0n) is 14.3. The van der Waals surface area contributed by atoms with Crippen LogP contribution in [0.15, 0.2) is 0 Å². The summed E-state index contributed by atoms with van der Waals surface area (Å²) >= 11 is 0. The third-order valence-corrected chi connectivity index (χ3v) is 4.43. The average Bonchev–Trinajstić information content (AvgIpc) is 2.65. The molecule has 0 spiro atoms. The van der Waals surface area contributed by atoms with Gasteiger partial charge in [-0.05, 0) is 38.0 Å². The Bertz CT molecular complexity index is 327. The molecule has 0 N–H and O–H groups in total. The van der Waals surface area contributed by atoms with Gasteiger partial charge in [-0.25, -0.2) is 0 Å². The fourth-order valence-electron chi connectivity index (χ4n) is 2.98. The van der Waals surface area contributed by atoms with Crippen LogP contribution in [0.25, 0.3) is 0 Å². The van der Waals surface area contributed by atoms with E-state index in [9.17, 15) is 9.59 Å². The summed E-state index contributed by atoms with van der Waals surface area (Å²) in [4.78, 5) is 22.5. The van der Waals surface area contributed by atoms with Crippen molar-refractivity contribution in [2.45, 2.75) is 90.1 Å². The van der Waals surface area contributed by atoms with Gasteiger partial charge in [0.1, 0.15) is 6.10 Å². The van der Waals surface area contributed by atoms with Crippen molar-refractivity contribution >= 4 is 11.9 Å². The number of esters is 2. The molecule has 0 bridgehead atoms. The number of methoxy groups -OCH3 is 1. The molecule has 4 nitrogen and oxygen atoms in total. The maximum Gasteiger partial charge on any atom is 0.306 e. The number of hydrogen-bond acceptors (Lipinski definition) is 4. The summed E-state index contributed by atoms with van der Waals surface area (Å²) in [6.07, 6.45) is 12.5. The maximum absolute atomic E-state index is 11.6. The molecule has 2 atom stereocenters. The highest BCUT2D eigenvalue weighted by atomic mass is 16.5. The van der Waals surface area contributed by atoms with E-state index >= 15 is 0 Å². The molecule has 1 fully saturated rings. The van der Waals surface area contributed by atoms with Gasteiger partial charge in [-0.15, -0.1) is 0 Å². The Morgan fingerprint density at radius 1 is 1.09 bits per heavy atom. The number of unbranched alkanes of at least 4 members (excludes halogenated alkanes) is 6. The number of hydrogen-bond donors (Lipinski definition) is 0. The minimum absolute atomic E-state index is 0.0133. The third kappa shape index (κ3) is 9.06. The SMILES string of the molecule is COC(=O)CCCCCCCCCC1CCC(C)CC(=O)O1. The average molecular weight is 312 g/mol. The van der Waals surface area contributed by atoms with Crippen LogP contribution >= 0.6 is 0 Å². The van der Waals surface area contributed by atoms with Gasteiger partial charge in [-0.2, -0.15) is 0 Å². The standard InChI is InChI=1S/C18H32O4/c1-15-12-13-16(22-18(20)14-15)10-8-6-4-3-5-7-9-11-17(19)21-2/h15-16H,3-14H2,1-2H3. The van der Waals surface area contributed by atoms with E-state index in [1.165, 1.54) is 32.8 Å². The van der Waals surface area contributed by atoms with Crippen LogP contribution in [0.5, 0.6) is 0 Å². The van der Waals surface area contributed by atoms with Gasteiger partial charge in [-0.1, -0.05) is 39.0 Å². The van der Waals surface area contributed by atoms with Crippen LogP contribution in [0.2, 0.25) is 0 Å². The second-order valence-corrected chi connectivity index (χ2v) is 6.59. The van der Waals surface area contributed by atoms with Gasteiger partial charge in [0.25, 0.3) is 0 Å². The quantitative estimate of drug-likeness (QED) is 0.443. The topological polar surface area (TPSA) is 52.6 Å². The first kappa shape index (κ1) is 19.0. The Morgan fingerprint density at radius 3 is 2.41 bits per heavy atom. The van der Waals surface area contributed by atoms with Crippen molar-refractivity contribution in [1.82, 2.24) is 0 Å². The number of carbonyl (C=O) groups excluding carboxylic acids is 2. The van der Waals surface area contributed by atoms with Gasteiger partial charge in [0, 0.05) is 12.8 Å². The molecule has 4 heteroatoms. The zero-order valence-corrected chi connectivity index (χ0v) is 14.3. The van der Waals surface area contributed by atoms with Crippen LogP contribution in [-0.4, -0.2) is 25.2 Å². The molecule has 1 aliphatic rings. The molecule has 0 aliphatic carbocycles. The minimum atomic E-state index is -0.104. The van der Waals surface area contributed by atoms with Crippen LogP contribution in [0, 0.1) is 5.92 Å². The van der Waals surface area contributed by atoms with Crippen LogP contribution in [0.4, 0.5) is 0 Å². The highest BCUT2D eigenvalue weighted by Gasteiger charge is 2.21. The molecule has 0 amide bonds. The summed E-state index contributed by atoms with van der Waals surface area (Å²) in [6.45, 7) is 2.13. The van der Waals surface area contributed by atoms with E-state index < -0.39 is 0 Å². The lowest BCUT2D eigenvalue weighted by atomic mass is 9.99. The van der Waals surface area contributed by atoms with E-state index in [-0.39, 0.29) is 18.0 Å². The number of ether oxygens (including phenoxy) is 2. The lowest BCUT2D eigenvalue weighted by molar-refractivity contribution is -0.148. The van der Waals surface area contributed by atoms with Crippen molar-refractivity contribution in [3.8, 4) is 0 Å². The molecular weight excluding hydrogens is 280 g/mol. The van der Waals surface area contributed by atoms with Gasteiger partial charge < -0.3 is 9.47 Å². The van der Waals surface area contributed by atoms with Gasteiger partial charge in [0.15, 0.2) is 0 Å². The van der Waals surface area contributed by atoms with E-state index in [1.54, 1.807) is 0 Å². The molecule has 1 aliphatic heterocycles. The third-order valence-electron chi connectivity index (χ3n) is 4.43. The monoisotopic (exact) mass is 312 g/mol. The zero-order chi connectivity index (χ0) is 16.2. The number of carbonyl (C=O) groups is 2. The first-order valence-electron chi connectivity index (χ1n) is 8.88. The maximum atomic E-state index is 11.6. The van der Waals surface area contributed by atoms with E-state index in [0.717, 1.165) is 38.5 Å². The van der Waals surface area contributed by atoms with Gasteiger partial charge in [-0.3, -0.25) is 9.59 Å². The molecular formula is C18H32O4. The van der Waals surface area contributed by atoms with E-state index in [1.807, 2.05) is 0 Å². The Hall–Kier alpha value is -1.06. The largest absolute Gasteiger partial charge is 0.469 e. The fraction of sp³-hybridized carbons (Fsp3) is 0.889. The Kier molecular flexibility index (Phi) is 9.93. The second kappa shape index (κ2) is 11.5. The fourth-order valence-corrected chi connectivity index (χ4v) is 2.98. The van der Waals surface area contributed by atoms with Crippen molar-refractivity contribution in [2.24, 2.45) is 5.92 Å². The van der Waals surface area contributed by atoms with Crippen molar-refractivity contribution < 1.29 is 19.1 Å². The molecule has 0 aromatic carbocycles. The van der Waals surface area contributed by atoms with Crippen molar-refractivity contribution in [3.63, 3.8) is 0 Å². The van der Waals surface area contributed by atoms with E-state index in [0.29, 0.717) is 18.8 Å². The lowest BCUT2D eigenvalue weighted by Gasteiger charge is -2.14. The van der Waals surface area contributed by atoms with E-state index in [2.05, 4.69) is 11.7 Å². The summed E-state index contributed by atoms with van der Waals surface area (Å²) in [5.74, 6) is 0.357. The summed E-state index contributed by atoms with van der Waals surface area (Å²) in [5.41, 5.74) is 0. The van der Waals surface area contributed by atoms with Crippen LogP contribution in [-0.2, 0) is 19.1 Å². The molecule has 1 rings (SSSR count). The Balaban J connectivity index is 1.92. The van der Waals surface area contributed by atoms with Gasteiger partial charge in [0.05, 0.1) is 7.11 Å². The molecule has 1 saturated heterocycles. The molecule has 0 aromatic rings. The Labute approximate surface area is 134 Å². The molecule has 0 radical (unpaired) electrons. The molecule has 1 heterocycles. The molecule has 0 aromatic heterocycles. The van der Waals surface area contributed by atoms with Crippen molar-refractivity contribution in [2.75, 3.05) is 7.11 Å². The molecule has 128 valence electrons. The molecule has 22 heavy (non-hydrogen) atoms. The van der Waals surface area contributed by atoms with Crippen molar-refractivity contribution in [3.05, 3.63) is 0 Å². The van der Waals surface area contributed by atoms with E-state index in [4.69, 9.17) is 4.74 Å². The number of rotatable bonds is 10. The summed E-state index contributed by atoms with van der Waals surface area (Å²) in [5, 5.41) is 0. The first-order chi connectivity index (χ1) is 10.6. The highest BCUT2D eigenvalue weighted by Crippen LogP contribution is 2.23. The highest BCUT2D eigenvalue weighted by molar-refractivity contribution is 5.70. The van der Waals surface area contributed by atoms with Gasteiger partial charge >= 0.3 is 11.9 Å². The second-order valence-electron chi connectivity index (χ2n) is 6.59. The lowest BCUT2D eigenvalue weighted by Crippen LogP contribution is -2.15. The Morgan fingerprint density at radius 2 is 1.73 bits per heavy atom. The normalized spacial score (nSPS) is 22.0. The summed E-state index contributed by atoms with van der Waals surface area (Å²) < 4.78 is 10.1. The van der Waals surface area contributed by atoms with Crippen LogP contribution in [0.1, 0.15) is 84.0 Å². The van der Waals surface area contributed by atoms with Crippen LogP contribution in [0.3, 0.4) is 0 Å². The van der Waals surface area contributed by atoms with Gasteiger partial charge in [0.2, 0.25) is 0 Å². The smallest absolute Gasteiger partial charge is 0.306 e. The summed E-state index contributed by atoms with van der Waals surface area (Å²) in [7, 11) is 1.44. The van der Waals surface area contributed by atoms with Crippen molar-refractivity contribution in [1.29, 1.82) is 0 Å². The minimum Gasteiger partial charge on any atom is -0.469 e. The summed E-state index contributed by atoms with van der Waals surface area (Å²) in [6, 6.07) is 0.